The average Bonchev–Trinajstić information content (AvgIpc) is 3.07. The van der Waals surface area contributed by atoms with Gasteiger partial charge in [0.25, 0.3) is 0 Å². The van der Waals surface area contributed by atoms with E-state index in [9.17, 15) is 18.0 Å². The van der Waals surface area contributed by atoms with Crippen LogP contribution in [-0.2, 0) is 17.5 Å². The Bertz CT molecular complexity index is 678. The molecule has 2 aromatic rings. The lowest BCUT2D eigenvalue weighted by atomic mass is 10.1. The highest BCUT2D eigenvalue weighted by Gasteiger charge is 2.30. The number of halogens is 3. The highest BCUT2D eigenvalue weighted by molar-refractivity contribution is 5.76. The second-order valence-electron chi connectivity index (χ2n) is 5.42. The summed E-state index contributed by atoms with van der Waals surface area (Å²) >= 11 is 0. The summed E-state index contributed by atoms with van der Waals surface area (Å²) in [5, 5.41) is 10.6. The second kappa shape index (κ2) is 6.46. The third-order valence-electron chi connectivity index (χ3n) is 3.88. The molecule has 10 heteroatoms. The summed E-state index contributed by atoms with van der Waals surface area (Å²) in [6.45, 7) is 2.21. The number of hydrogen-bond acceptors (Lipinski definition) is 5. The van der Waals surface area contributed by atoms with Crippen molar-refractivity contribution in [3.63, 3.8) is 0 Å². The van der Waals surface area contributed by atoms with Crippen LogP contribution < -0.4 is 4.90 Å². The molecule has 0 radical (unpaired) electrons. The number of piperazine rings is 1. The number of nitrogens with zero attached hydrogens (tertiary/aromatic N) is 6. The third-order valence-corrected chi connectivity index (χ3v) is 3.88. The molecular formula is C14H15F3N6O. The minimum Gasteiger partial charge on any atom is -0.368 e. The minimum absolute atomic E-state index is 0.0767. The Balaban J connectivity index is 1.56. The number of carbonyl (C=O) groups excluding carboxylic acids is 1. The van der Waals surface area contributed by atoms with Gasteiger partial charge in [-0.25, -0.2) is 4.68 Å². The van der Waals surface area contributed by atoms with Crippen molar-refractivity contribution in [2.75, 3.05) is 31.1 Å². The molecule has 7 nitrogen and oxygen atoms in total. The number of hydrogen-bond donors (Lipinski definition) is 0. The summed E-state index contributed by atoms with van der Waals surface area (Å²) in [7, 11) is 0. The van der Waals surface area contributed by atoms with Gasteiger partial charge < -0.3 is 9.80 Å². The van der Waals surface area contributed by atoms with Crippen molar-refractivity contribution < 1.29 is 18.0 Å². The monoisotopic (exact) mass is 340 g/mol. The lowest BCUT2D eigenvalue weighted by Gasteiger charge is -2.36. The SMILES string of the molecule is O=C(Cn1cnnn1)N1CCN(c2ccc(C(F)(F)F)cc2)CC1. The smallest absolute Gasteiger partial charge is 0.368 e. The van der Waals surface area contributed by atoms with Crippen LogP contribution in [0.4, 0.5) is 18.9 Å². The van der Waals surface area contributed by atoms with Crippen LogP contribution in [0.15, 0.2) is 30.6 Å². The molecule has 24 heavy (non-hydrogen) atoms. The normalized spacial score (nSPS) is 15.6. The van der Waals surface area contributed by atoms with E-state index in [0.717, 1.165) is 17.8 Å². The molecule has 0 atom stereocenters. The van der Waals surface area contributed by atoms with Crippen LogP contribution in [0.25, 0.3) is 0 Å². The maximum absolute atomic E-state index is 12.6. The molecule has 1 aromatic carbocycles. The van der Waals surface area contributed by atoms with Gasteiger partial charge in [0.1, 0.15) is 12.9 Å². The molecule has 128 valence electrons. The van der Waals surface area contributed by atoms with Gasteiger partial charge in [0.05, 0.1) is 5.56 Å². The lowest BCUT2D eigenvalue weighted by molar-refractivity contribution is -0.137. The highest BCUT2D eigenvalue weighted by atomic mass is 19.4. The Morgan fingerprint density at radius 2 is 1.75 bits per heavy atom. The van der Waals surface area contributed by atoms with Gasteiger partial charge in [-0.15, -0.1) is 5.10 Å². The van der Waals surface area contributed by atoms with E-state index >= 15 is 0 Å². The molecule has 0 aliphatic carbocycles. The van der Waals surface area contributed by atoms with Gasteiger partial charge in [0, 0.05) is 31.9 Å². The Labute approximate surface area is 135 Å². The van der Waals surface area contributed by atoms with Gasteiger partial charge in [0.2, 0.25) is 5.91 Å². The van der Waals surface area contributed by atoms with Crippen molar-refractivity contribution in [2.45, 2.75) is 12.7 Å². The molecule has 0 bridgehead atoms. The Kier molecular flexibility index (Phi) is 4.36. The van der Waals surface area contributed by atoms with E-state index in [1.165, 1.54) is 23.1 Å². The zero-order valence-electron chi connectivity index (χ0n) is 12.6. The zero-order valence-corrected chi connectivity index (χ0v) is 12.6. The topological polar surface area (TPSA) is 67.2 Å². The molecule has 3 rings (SSSR count). The third kappa shape index (κ3) is 3.63. The van der Waals surface area contributed by atoms with E-state index in [1.54, 1.807) is 4.90 Å². The van der Waals surface area contributed by atoms with Crippen molar-refractivity contribution in [1.29, 1.82) is 0 Å². The standard InChI is InChI=1S/C14H15F3N6O/c15-14(16,17)11-1-3-12(4-2-11)21-5-7-22(8-6-21)13(24)9-23-10-18-19-20-23/h1-4,10H,5-9H2. The summed E-state index contributed by atoms with van der Waals surface area (Å²) in [5.41, 5.74) is 0.0529. The fourth-order valence-electron chi connectivity index (χ4n) is 2.57. The van der Waals surface area contributed by atoms with Crippen molar-refractivity contribution in [1.82, 2.24) is 25.1 Å². The predicted molar refractivity (Wildman–Crippen MR) is 78.1 cm³/mol. The second-order valence-corrected chi connectivity index (χ2v) is 5.42. The van der Waals surface area contributed by atoms with E-state index in [0.29, 0.717) is 26.2 Å². The number of rotatable bonds is 3. The van der Waals surface area contributed by atoms with Crippen LogP contribution in [-0.4, -0.2) is 57.2 Å². The van der Waals surface area contributed by atoms with E-state index in [-0.39, 0.29) is 12.5 Å². The van der Waals surface area contributed by atoms with Crippen molar-refractivity contribution in [2.24, 2.45) is 0 Å². The van der Waals surface area contributed by atoms with Gasteiger partial charge >= 0.3 is 6.18 Å². The molecule has 0 N–H and O–H groups in total. The first-order valence-corrected chi connectivity index (χ1v) is 7.34. The molecule has 2 heterocycles. The average molecular weight is 340 g/mol. The first-order chi connectivity index (χ1) is 11.4. The Morgan fingerprint density at radius 3 is 2.29 bits per heavy atom. The fourth-order valence-corrected chi connectivity index (χ4v) is 2.57. The van der Waals surface area contributed by atoms with Crippen LogP contribution in [0.1, 0.15) is 5.56 Å². The lowest BCUT2D eigenvalue weighted by Crippen LogP contribution is -2.49. The van der Waals surface area contributed by atoms with Crippen LogP contribution in [0, 0.1) is 0 Å². The molecule has 1 aromatic heterocycles. The van der Waals surface area contributed by atoms with Crippen molar-refractivity contribution >= 4 is 11.6 Å². The summed E-state index contributed by atoms with van der Waals surface area (Å²) in [6, 6.07) is 5.07. The minimum atomic E-state index is -4.33. The van der Waals surface area contributed by atoms with Gasteiger partial charge in [0.15, 0.2) is 0 Å². The molecule has 1 aliphatic heterocycles. The van der Waals surface area contributed by atoms with Crippen molar-refractivity contribution in [3.05, 3.63) is 36.2 Å². The van der Waals surface area contributed by atoms with Crippen LogP contribution >= 0.6 is 0 Å². The van der Waals surface area contributed by atoms with E-state index in [4.69, 9.17) is 0 Å². The van der Waals surface area contributed by atoms with E-state index in [2.05, 4.69) is 15.5 Å². The molecule has 0 spiro atoms. The number of benzene rings is 1. The maximum atomic E-state index is 12.6. The van der Waals surface area contributed by atoms with Crippen molar-refractivity contribution in [3.8, 4) is 0 Å². The summed E-state index contributed by atoms with van der Waals surface area (Å²) in [4.78, 5) is 15.8. The molecule has 0 unspecified atom stereocenters. The molecule has 0 saturated carbocycles. The zero-order chi connectivity index (χ0) is 17.2. The van der Waals surface area contributed by atoms with Gasteiger partial charge in [-0.2, -0.15) is 13.2 Å². The van der Waals surface area contributed by atoms with Gasteiger partial charge in [-0.05, 0) is 34.7 Å². The molecule has 1 fully saturated rings. The summed E-state index contributed by atoms with van der Waals surface area (Å²) < 4.78 is 39.1. The van der Waals surface area contributed by atoms with Crippen LogP contribution in [0.2, 0.25) is 0 Å². The van der Waals surface area contributed by atoms with E-state index < -0.39 is 11.7 Å². The van der Waals surface area contributed by atoms with Gasteiger partial charge in [-0.3, -0.25) is 4.79 Å². The highest BCUT2D eigenvalue weighted by Crippen LogP contribution is 2.30. The summed E-state index contributed by atoms with van der Waals surface area (Å²) in [6.07, 6.45) is -2.96. The number of amides is 1. The molecule has 1 amide bonds. The van der Waals surface area contributed by atoms with E-state index in [1.807, 2.05) is 4.90 Å². The molecule has 1 aliphatic rings. The number of aromatic nitrogens is 4. The van der Waals surface area contributed by atoms with Crippen LogP contribution in [0.3, 0.4) is 0 Å². The molecular weight excluding hydrogens is 325 g/mol. The first-order valence-electron chi connectivity index (χ1n) is 7.34. The number of tetrazole rings is 1. The van der Waals surface area contributed by atoms with Crippen LogP contribution in [0.5, 0.6) is 0 Å². The number of alkyl halides is 3. The fraction of sp³-hybridized carbons (Fsp3) is 0.429. The predicted octanol–water partition coefficient (Wildman–Crippen LogP) is 1.04. The maximum Gasteiger partial charge on any atom is 0.416 e. The Morgan fingerprint density at radius 1 is 1.08 bits per heavy atom. The largest absolute Gasteiger partial charge is 0.416 e. The summed E-state index contributed by atoms with van der Waals surface area (Å²) in [5.74, 6) is -0.0885. The van der Waals surface area contributed by atoms with Gasteiger partial charge in [-0.1, -0.05) is 0 Å². The Hall–Kier alpha value is -2.65. The quantitative estimate of drug-likeness (QED) is 0.835. The number of anilines is 1. The number of carbonyl (C=O) groups is 1. The molecule has 1 saturated heterocycles. The first kappa shape index (κ1) is 16.2.